The Labute approximate surface area is 120 Å². The van der Waals surface area contributed by atoms with Crippen molar-refractivity contribution < 1.29 is 13.2 Å². The second-order valence-corrected chi connectivity index (χ2v) is 5.81. The van der Waals surface area contributed by atoms with Gasteiger partial charge >= 0.3 is 6.18 Å². The molecule has 20 heavy (non-hydrogen) atoms. The molecule has 0 heterocycles. The summed E-state index contributed by atoms with van der Waals surface area (Å²) in [4.78, 5) is 0. The monoisotopic (exact) mass is 286 g/mol. The highest BCUT2D eigenvalue weighted by atomic mass is 19.4. The molecular weight excluding hydrogens is 261 g/mol. The van der Waals surface area contributed by atoms with Gasteiger partial charge in [-0.3, -0.25) is 0 Å². The molecule has 0 fully saturated rings. The summed E-state index contributed by atoms with van der Waals surface area (Å²) >= 11 is 0. The van der Waals surface area contributed by atoms with Crippen molar-refractivity contribution in [3.63, 3.8) is 0 Å². The number of benzene rings is 1. The minimum atomic E-state index is -4.27. The van der Waals surface area contributed by atoms with Gasteiger partial charge in [0.05, 0.1) is 5.56 Å². The van der Waals surface area contributed by atoms with Gasteiger partial charge in [-0.25, -0.2) is 0 Å². The minimum Gasteiger partial charge on any atom is -0.166 e. The highest BCUT2D eigenvalue weighted by Crippen LogP contribution is 2.42. The molecule has 0 aliphatic heterocycles. The van der Waals surface area contributed by atoms with Crippen LogP contribution in [0.5, 0.6) is 0 Å². The van der Waals surface area contributed by atoms with E-state index in [-0.39, 0.29) is 5.41 Å². The molecule has 0 radical (unpaired) electrons. The Bertz CT molecular complexity index is 409. The lowest BCUT2D eigenvalue weighted by Gasteiger charge is -2.32. The second kappa shape index (κ2) is 7.14. The normalized spacial score (nSPS) is 15.1. The quantitative estimate of drug-likeness (QED) is 0.513. The molecule has 1 unspecified atom stereocenters. The van der Waals surface area contributed by atoms with E-state index in [1.807, 2.05) is 13.8 Å². The molecule has 0 aliphatic carbocycles. The van der Waals surface area contributed by atoms with Crippen LogP contribution in [0.15, 0.2) is 24.3 Å². The van der Waals surface area contributed by atoms with Crippen LogP contribution < -0.4 is 0 Å². The van der Waals surface area contributed by atoms with Crippen LogP contribution in [0.25, 0.3) is 0 Å². The Morgan fingerprint density at radius 1 is 0.850 bits per heavy atom. The molecule has 1 atom stereocenters. The Morgan fingerprint density at radius 2 is 1.45 bits per heavy atom. The molecule has 0 saturated heterocycles. The number of alkyl halides is 3. The molecule has 0 aromatic heterocycles. The van der Waals surface area contributed by atoms with Gasteiger partial charge in [0.15, 0.2) is 0 Å². The Kier molecular flexibility index (Phi) is 6.09. The average Bonchev–Trinajstić information content (AvgIpc) is 2.38. The standard InChI is InChI=1S/C17H25F3/c1-4-6-9-13-16(3,12-5-2)14-10-7-8-11-15(14)17(18,19)20/h7-8,10-11H,4-6,9,12-13H2,1-3H3. The van der Waals surface area contributed by atoms with Crippen molar-refractivity contribution in [1.82, 2.24) is 0 Å². The second-order valence-electron chi connectivity index (χ2n) is 5.81. The summed E-state index contributed by atoms with van der Waals surface area (Å²) in [5.41, 5.74) is -0.381. The summed E-state index contributed by atoms with van der Waals surface area (Å²) in [6.45, 7) is 6.13. The predicted molar refractivity (Wildman–Crippen MR) is 77.8 cm³/mol. The summed E-state index contributed by atoms with van der Waals surface area (Å²) in [5, 5.41) is 0. The number of rotatable bonds is 7. The van der Waals surface area contributed by atoms with Crippen molar-refractivity contribution in [2.75, 3.05) is 0 Å². The predicted octanol–water partition coefficient (Wildman–Crippen LogP) is 6.34. The Balaban J connectivity index is 3.14. The van der Waals surface area contributed by atoms with E-state index < -0.39 is 11.7 Å². The molecule has 0 aliphatic rings. The summed E-state index contributed by atoms with van der Waals surface area (Å²) in [6, 6.07) is 6.07. The lowest BCUT2D eigenvalue weighted by molar-refractivity contribution is -0.138. The molecule has 1 aromatic rings. The zero-order chi connectivity index (χ0) is 15.2. The molecule has 0 saturated carbocycles. The Morgan fingerprint density at radius 3 is 1.95 bits per heavy atom. The first-order valence-electron chi connectivity index (χ1n) is 7.52. The van der Waals surface area contributed by atoms with E-state index >= 15 is 0 Å². The van der Waals surface area contributed by atoms with Gasteiger partial charge in [-0.15, -0.1) is 0 Å². The van der Waals surface area contributed by atoms with Crippen molar-refractivity contribution >= 4 is 0 Å². The topological polar surface area (TPSA) is 0 Å². The summed E-state index contributed by atoms with van der Waals surface area (Å²) in [5.74, 6) is 0. The third kappa shape index (κ3) is 4.26. The third-order valence-electron chi connectivity index (χ3n) is 4.02. The van der Waals surface area contributed by atoms with Crippen LogP contribution in [-0.4, -0.2) is 0 Å². The van der Waals surface area contributed by atoms with Gasteiger partial charge < -0.3 is 0 Å². The van der Waals surface area contributed by atoms with E-state index in [9.17, 15) is 13.2 Å². The molecule has 0 bridgehead atoms. The molecule has 114 valence electrons. The van der Waals surface area contributed by atoms with Gasteiger partial charge in [-0.05, 0) is 29.9 Å². The zero-order valence-electron chi connectivity index (χ0n) is 12.7. The van der Waals surface area contributed by atoms with Crippen LogP contribution in [0.2, 0.25) is 0 Å². The van der Waals surface area contributed by atoms with Crippen molar-refractivity contribution in [1.29, 1.82) is 0 Å². The van der Waals surface area contributed by atoms with Crippen LogP contribution in [0.3, 0.4) is 0 Å². The third-order valence-corrected chi connectivity index (χ3v) is 4.02. The van der Waals surface area contributed by atoms with E-state index in [1.54, 1.807) is 12.1 Å². The van der Waals surface area contributed by atoms with Gasteiger partial charge in [-0.2, -0.15) is 13.2 Å². The molecule has 1 rings (SSSR count). The zero-order valence-corrected chi connectivity index (χ0v) is 12.7. The first kappa shape index (κ1) is 17.1. The van der Waals surface area contributed by atoms with E-state index in [1.165, 1.54) is 12.1 Å². The molecule has 0 amide bonds. The molecule has 0 nitrogen and oxygen atoms in total. The summed E-state index contributed by atoms with van der Waals surface area (Å²) in [7, 11) is 0. The lowest BCUT2D eigenvalue weighted by Crippen LogP contribution is -2.26. The Hall–Kier alpha value is -0.990. The number of halogens is 3. The SMILES string of the molecule is CCCCCC(C)(CCC)c1ccccc1C(F)(F)F. The largest absolute Gasteiger partial charge is 0.416 e. The van der Waals surface area contributed by atoms with Crippen molar-refractivity contribution in [2.24, 2.45) is 0 Å². The maximum absolute atomic E-state index is 13.2. The molecular formula is C17H25F3. The van der Waals surface area contributed by atoms with Gasteiger partial charge in [0, 0.05) is 0 Å². The summed E-state index contributed by atoms with van der Waals surface area (Å²) in [6.07, 6.45) is 1.40. The fourth-order valence-electron chi connectivity index (χ4n) is 2.97. The van der Waals surface area contributed by atoms with Crippen molar-refractivity contribution in [3.8, 4) is 0 Å². The maximum atomic E-state index is 13.2. The fraction of sp³-hybridized carbons (Fsp3) is 0.647. The van der Waals surface area contributed by atoms with Crippen LogP contribution in [0.4, 0.5) is 13.2 Å². The van der Waals surface area contributed by atoms with Crippen LogP contribution >= 0.6 is 0 Å². The fourth-order valence-corrected chi connectivity index (χ4v) is 2.97. The van der Waals surface area contributed by atoms with Gasteiger partial charge in [-0.1, -0.05) is 64.7 Å². The van der Waals surface area contributed by atoms with E-state index in [0.717, 1.165) is 38.5 Å². The highest BCUT2D eigenvalue weighted by Gasteiger charge is 2.38. The number of hydrogen-bond acceptors (Lipinski definition) is 0. The summed E-state index contributed by atoms with van der Waals surface area (Å²) < 4.78 is 39.6. The van der Waals surface area contributed by atoms with Gasteiger partial charge in [0.1, 0.15) is 0 Å². The smallest absolute Gasteiger partial charge is 0.166 e. The number of hydrogen-bond donors (Lipinski definition) is 0. The average molecular weight is 286 g/mol. The van der Waals surface area contributed by atoms with Gasteiger partial charge in [0.2, 0.25) is 0 Å². The van der Waals surface area contributed by atoms with Crippen LogP contribution in [0.1, 0.15) is 70.4 Å². The van der Waals surface area contributed by atoms with Crippen molar-refractivity contribution in [3.05, 3.63) is 35.4 Å². The molecule has 1 aromatic carbocycles. The van der Waals surface area contributed by atoms with Gasteiger partial charge in [0.25, 0.3) is 0 Å². The van der Waals surface area contributed by atoms with Crippen LogP contribution in [-0.2, 0) is 11.6 Å². The van der Waals surface area contributed by atoms with Crippen molar-refractivity contribution in [2.45, 2.75) is 70.9 Å². The first-order valence-corrected chi connectivity index (χ1v) is 7.52. The maximum Gasteiger partial charge on any atom is 0.416 e. The first-order chi connectivity index (χ1) is 9.35. The van der Waals surface area contributed by atoms with Crippen LogP contribution in [0, 0.1) is 0 Å². The van der Waals surface area contributed by atoms with E-state index in [0.29, 0.717) is 5.56 Å². The number of unbranched alkanes of at least 4 members (excludes halogenated alkanes) is 2. The molecule has 0 N–H and O–H groups in total. The molecule has 0 spiro atoms. The van der Waals surface area contributed by atoms with E-state index in [4.69, 9.17) is 0 Å². The lowest BCUT2D eigenvalue weighted by atomic mass is 9.73. The highest BCUT2D eigenvalue weighted by molar-refractivity contribution is 5.36. The van der Waals surface area contributed by atoms with E-state index in [2.05, 4.69) is 6.92 Å². The minimum absolute atomic E-state index is 0.379. The molecule has 3 heteroatoms.